The van der Waals surface area contributed by atoms with Crippen molar-refractivity contribution in [1.29, 1.82) is 0 Å². The Hall–Kier alpha value is -3.95. The molecular formula is C18H13F2N7O. The number of rotatable bonds is 5. The maximum absolute atomic E-state index is 14.0. The first-order valence-electron chi connectivity index (χ1n) is 8.14. The lowest BCUT2D eigenvalue weighted by atomic mass is 10.2. The summed E-state index contributed by atoms with van der Waals surface area (Å²) in [6, 6.07) is 4.91. The second-order valence-electron chi connectivity index (χ2n) is 5.91. The molecular weight excluding hydrogens is 368 g/mol. The quantitative estimate of drug-likeness (QED) is 0.549. The Kier molecular flexibility index (Phi) is 4.36. The molecule has 4 rings (SSSR count). The number of nitrogens with zero attached hydrogens (tertiary/aromatic N) is 5. The fourth-order valence-electron chi connectivity index (χ4n) is 2.72. The minimum Gasteiger partial charge on any atom is -0.364 e. The van der Waals surface area contributed by atoms with E-state index in [1.165, 1.54) is 17.1 Å². The van der Waals surface area contributed by atoms with Gasteiger partial charge in [0.05, 0.1) is 18.3 Å². The van der Waals surface area contributed by atoms with Crippen LogP contribution in [0.4, 0.5) is 20.4 Å². The van der Waals surface area contributed by atoms with E-state index in [0.717, 1.165) is 18.2 Å². The molecule has 0 saturated carbocycles. The zero-order valence-electron chi connectivity index (χ0n) is 14.3. The van der Waals surface area contributed by atoms with E-state index >= 15 is 0 Å². The minimum absolute atomic E-state index is 0.0280. The number of pyridine rings is 1. The molecule has 10 heteroatoms. The van der Waals surface area contributed by atoms with Crippen molar-refractivity contribution in [3.63, 3.8) is 0 Å². The number of benzene rings is 1. The van der Waals surface area contributed by atoms with E-state index in [1.807, 2.05) is 0 Å². The van der Waals surface area contributed by atoms with Crippen molar-refractivity contribution in [3.8, 4) is 0 Å². The topological polar surface area (TPSA) is 112 Å². The number of carbonyl (C=O) groups excluding carboxylic acids is 1. The van der Waals surface area contributed by atoms with Crippen LogP contribution in [0.1, 0.15) is 16.1 Å². The summed E-state index contributed by atoms with van der Waals surface area (Å²) in [6.07, 6.45) is 5.89. The highest BCUT2D eigenvalue weighted by molar-refractivity contribution is 5.96. The summed E-state index contributed by atoms with van der Waals surface area (Å²) < 4.78 is 28.9. The lowest BCUT2D eigenvalue weighted by Gasteiger charge is -2.09. The van der Waals surface area contributed by atoms with Gasteiger partial charge in [0.15, 0.2) is 11.5 Å². The van der Waals surface area contributed by atoms with Crippen molar-refractivity contribution in [3.05, 3.63) is 71.9 Å². The predicted molar refractivity (Wildman–Crippen MR) is 96.8 cm³/mol. The van der Waals surface area contributed by atoms with E-state index in [-0.39, 0.29) is 23.6 Å². The van der Waals surface area contributed by atoms with Crippen LogP contribution in [0.5, 0.6) is 0 Å². The molecule has 0 bridgehead atoms. The van der Waals surface area contributed by atoms with Gasteiger partial charge in [-0.3, -0.25) is 9.48 Å². The number of fused-ring (bicyclic) bond motifs is 1. The number of amides is 1. The van der Waals surface area contributed by atoms with Crippen LogP contribution < -0.4 is 11.1 Å². The first-order chi connectivity index (χ1) is 13.5. The van der Waals surface area contributed by atoms with Crippen LogP contribution in [-0.2, 0) is 6.54 Å². The lowest BCUT2D eigenvalue weighted by Crippen LogP contribution is -2.16. The molecule has 0 aliphatic rings. The Morgan fingerprint density at radius 3 is 2.75 bits per heavy atom. The third-order valence-corrected chi connectivity index (χ3v) is 4.03. The van der Waals surface area contributed by atoms with Crippen LogP contribution >= 0.6 is 0 Å². The highest BCUT2D eigenvalue weighted by atomic mass is 19.1. The second-order valence-corrected chi connectivity index (χ2v) is 5.91. The van der Waals surface area contributed by atoms with Crippen molar-refractivity contribution in [2.45, 2.75) is 6.54 Å². The lowest BCUT2D eigenvalue weighted by molar-refractivity contribution is 0.0996. The normalized spacial score (nSPS) is 10.9. The molecule has 0 unspecified atom stereocenters. The highest BCUT2D eigenvalue weighted by Gasteiger charge is 2.13. The first kappa shape index (κ1) is 17.5. The Balaban J connectivity index is 1.69. The maximum atomic E-state index is 14.0. The van der Waals surface area contributed by atoms with E-state index in [1.54, 1.807) is 18.5 Å². The first-order valence-corrected chi connectivity index (χ1v) is 8.14. The van der Waals surface area contributed by atoms with Gasteiger partial charge in [-0.05, 0) is 18.2 Å². The molecule has 3 heterocycles. The molecule has 3 aromatic heterocycles. The molecule has 1 aromatic carbocycles. The van der Waals surface area contributed by atoms with Crippen molar-refractivity contribution in [2.75, 3.05) is 5.32 Å². The molecule has 0 fully saturated rings. The number of anilines is 2. The van der Waals surface area contributed by atoms with Crippen LogP contribution in [0, 0.1) is 11.6 Å². The fourth-order valence-corrected chi connectivity index (χ4v) is 2.72. The molecule has 28 heavy (non-hydrogen) atoms. The van der Waals surface area contributed by atoms with Crippen molar-refractivity contribution in [2.24, 2.45) is 5.73 Å². The van der Waals surface area contributed by atoms with Gasteiger partial charge in [-0.2, -0.15) is 5.10 Å². The molecule has 0 aliphatic carbocycles. The van der Waals surface area contributed by atoms with Crippen LogP contribution in [0.15, 0.2) is 49.1 Å². The highest BCUT2D eigenvalue weighted by Crippen LogP contribution is 2.21. The van der Waals surface area contributed by atoms with Gasteiger partial charge >= 0.3 is 0 Å². The second kappa shape index (κ2) is 6.99. The Morgan fingerprint density at radius 2 is 1.93 bits per heavy atom. The molecule has 140 valence electrons. The molecule has 0 saturated heterocycles. The van der Waals surface area contributed by atoms with Crippen molar-refractivity contribution in [1.82, 2.24) is 24.7 Å². The Labute approximate surface area is 157 Å². The van der Waals surface area contributed by atoms with Gasteiger partial charge in [0, 0.05) is 35.6 Å². The van der Waals surface area contributed by atoms with Crippen molar-refractivity contribution < 1.29 is 13.6 Å². The molecule has 8 nitrogen and oxygen atoms in total. The van der Waals surface area contributed by atoms with Gasteiger partial charge in [0.25, 0.3) is 5.91 Å². The fraction of sp³-hybridized carbons (Fsp3) is 0.0556. The van der Waals surface area contributed by atoms with Gasteiger partial charge in [0.2, 0.25) is 0 Å². The molecule has 0 atom stereocenters. The van der Waals surface area contributed by atoms with E-state index in [0.29, 0.717) is 16.7 Å². The van der Waals surface area contributed by atoms with Crippen LogP contribution in [-0.4, -0.2) is 30.6 Å². The number of nitrogens with two attached hydrogens (primary N) is 1. The van der Waals surface area contributed by atoms with Crippen molar-refractivity contribution >= 4 is 28.4 Å². The average molecular weight is 381 g/mol. The largest absolute Gasteiger partial charge is 0.364 e. The molecule has 4 aromatic rings. The van der Waals surface area contributed by atoms with Crippen LogP contribution in [0.25, 0.3) is 10.9 Å². The van der Waals surface area contributed by atoms with Gasteiger partial charge in [-0.1, -0.05) is 0 Å². The Bertz CT molecular complexity index is 1190. The van der Waals surface area contributed by atoms with Gasteiger partial charge in [-0.25, -0.2) is 23.7 Å². The number of primary amides is 1. The maximum Gasteiger partial charge on any atom is 0.271 e. The van der Waals surface area contributed by atoms with Gasteiger partial charge in [0.1, 0.15) is 17.5 Å². The molecule has 0 radical (unpaired) electrons. The van der Waals surface area contributed by atoms with Gasteiger partial charge in [-0.15, -0.1) is 0 Å². The molecule has 0 spiro atoms. The summed E-state index contributed by atoms with van der Waals surface area (Å²) in [5.74, 6) is -1.27. The smallest absolute Gasteiger partial charge is 0.271 e. The third kappa shape index (κ3) is 3.34. The molecule has 1 amide bonds. The summed E-state index contributed by atoms with van der Waals surface area (Å²) in [5.41, 5.74) is 6.07. The minimum atomic E-state index is -0.733. The number of hydrogen-bond donors (Lipinski definition) is 2. The van der Waals surface area contributed by atoms with Gasteiger partial charge < -0.3 is 11.1 Å². The van der Waals surface area contributed by atoms with Crippen LogP contribution in [0.3, 0.4) is 0 Å². The summed E-state index contributed by atoms with van der Waals surface area (Å²) in [6.45, 7) is 0.0359. The number of nitrogens with one attached hydrogen (secondary N) is 1. The predicted octanol–water partition coefficient (Wildman–Crippen LogP) is 2.39. The number of hydrogen-bond acceptors (Lipinski definition) is 6. The Morgan fingerprint density at radius 1 is 1.11 bits per heavy atom. The zero-order chi connectivity index (χ0) is 19.7. The molecule has 0 aliphatic heterocycles. The van der Waals surface area contributed by atoms with E-state index in [4.69, 9.17) is 5.73 Å². The number of halogens is 2. The summed E-state index contributed by atoms with van der Waals surface area (Å²) in [4.78, 5) is 23.7. The summed E-state index contributed by atoms with van der Waals surface area (Å²) >= 11 is 0. The van der Waals surface area contributed by atoms with E-state index in [2.05, 4.69) is 25.4 Å². The third-order valence-electron chi connectivity index (χ3n) is 4.03. The standard InChI is InChI=1S/C18H13F2N7O/c19-12-1-2-13(20)10(5-12)9-27-14-6-15(24-7-11(14)8-25-27)26-18-16(17(21)28)22-3-4-23-18/h1-8H,9H2,(H2,21,28)(H,23,24,26). The molecule has 3 N–H and O–H groups in total. The summed E-state index contributed by atoms with van der Waals surface area (Å²) in [5, 5.41) is 7.80. The van der Waals surface area contributed by atoms with Crippen LogP contribution in [0.2, 0.25) is 0 Å². The summed E-state index contributed by atoms with van der Waals surface area (Å²) in [7, 11) is 0. The number of carbonyl (C=O) groups is 1. The SMILES string of the molecule is NC(=O)c1nccnc1Nc1cc2c(cn1)cnn2Cc1cc(F)ccc1F. The van der Waals surface area contributed by atoms with E-state index < -0.39 is 17.5 Å². The average Bonchev–Trinajstić information content (AvgIpc) is 3.07. The van der Waals surface area contributed by atoms with E-state index in [9.17, 15) is 13.6 Å². The number of aromatic nitrogens is 5. The zero-order valence-corrected chi connectivity index (χ0v) is 14.3. The monoisotopic (exact) mass is 381 g/mol.